The van der Waals surface area contributed by atoms with Gasteiger partial charge in [-0.15, -0.1) is 0 Å². The molecule has 24 heavy (non-hydrogen) atoms. The van der Waals surface area contributed by atoms with Crippen molar-refractivity contribution in [3.8, 4) is 0 Å². The van der Waals surface area contributed by atoms with E-state index in [-0.39, 0.29) is 11.6 Å². The predicted molar refractivity (Wildman–Crippen MR) is 95.8 cm³/mol. The molecule has 134 valence electrons. The Morgan fingerprint density at radius 2 is 2.08 bits per heavy atom. The van der Waals surface area contributed by atoms with Crippen molar-refractivity contribution in [3.05, 3.63) is 30.1 Å². The number of carbonyl (C=O) groups excluding carboxylic acids is 1. The van der Waals surface area contributed by atoms with Crippen LogP contribution in [0.5, 0.6) is 0 Å². The topological polar surface area (TPSA) is 54.5 Å². The van der Waals surface area contributed by atoms with E-state index in [1.54, 1.807) is 6.20 Å². The quantitative estimate of drug-likeness (QED) is 0.827. The minimum Gasteiger partial charge on any atom is -0.379 e. The standard InChI is InChI=1S/C19H31N3O2/c1-4-24-15-19(2,3)21-18(23)22(17-11-6-5-7-12-17)14-16-10-8-9-13-20-16/h8-10,13,17H,4-7,11-12,14-15H2,1-3H3,(H,21,23). The van der Waals surface area contributed by atoms with Gasteiger partial charge in [0.15, 0.2) is 0 Å². The maximum absolute atomic E-state index is 13.0. The lowest BCUT2D eigenvalue weighted by Gasteiger charge is -2.37. The van der Waals surface area contributed by atoms with Crippen molar-refractivity contribution in [2.75, 3.05) is 13.2 Å². The molecule has 1 saturated carbocycles. The molecule has 1 heterocycles. The molecule has 0 atom stereocenters. The van der Waals surface area contributed by atoms with Gasteiger partial charge in [0, 0.05) is 18.8 Å². The Kier molecular flexibility index (Phi) is 7.03. The van der Waals surface area contributed by atoms with Crippen molar-refractivity contribution in [2.45, 2.75) is 71.0 Å². The third kappa shape index (κ3) is 5.78. The minimum atomic E-state index is -0.385. The molecule has 5 nitrogen and oxygen atoms in total. The molecule has 0 unspecified atom stereocenters. The van der Waals surface area contributed by atoms with Crippen LogP contribution < -0.4 is 5.32 Å². The van der Waals surface area contributed by atoms with Gasteiger partial charge in [-0.25, -0.2) is 4.79 Å². The van der Waals surface area contributed by atoms with Gasteiger partial charge in [-0.2, -0.15) is 0 Å². The molecular formula is C19H31N3O2. The fourth-order valence-corrected chi connectivity index (χ4v) is 3.18. The molecule has 2 amide bonds. The molecule has 0 saturated heterocycles. The van der Waals surface area contributed by atoms with Crippen LogP contribution >= 0.6 is 0 Å². The molecule has 1 N–H and O–H groups in total. The number of aromatic nitrogens is 1. The van der Waals surface area contributed by atoms with E-state index in [4.69, 9.17) is 4.74 Å². The van der Waals surface area contributed by atoms with Crippen molar-refractivity contribution >= 4 is 6.03 Å². The number of ether oxygens (including phenoxy) is 1. The number of hydrogen-bond acceptors (Lipinski definition) is 3. The molecule has 1 aliphatic rings. The summed E-state index contributed by atoms with van der Waals surface area (Å²) in [6.45, 7) is 7.69. The molecule has 5 heteroatoms. The zero-order chi connectivity index (χ0) is 17.4. The summed E-state index contributed by atoms with van der Waals surface area (Å²) in [4.78, 5) is 19.3. The monoisotopic (exact) mass is 333 g/mol. The second-order valence-electron chi connectivity index (χ2n) is 7.19. The van der Waals surface area contributed by atoms with E-state index in [1.165, 1.54) is 19.3 Å². The molecule has 1 fully saturated rings. The van der Waals surface area contributed by atoms with Crippen molar-refractivity contribution in [3.63, 3.8) is 0 Å². The fraction of sp³-hybridized carbons (Fsp3) is 0.684. The highest BCUT2D eigenvalue weighted by Crippen LogP contribution is 2.24. The van der Waals surface area contributed by atoms with Crippen molar-refractivity contribution in [1.82, 2.24) is 15.2 Å². The number of nitrogens with one attached hydrogen (secondary N) is 1. The Labute approximate surface area is 145 Å². The zero-order valence-corrected chi connectivity index (χ0v) is 15.3. The van der Waals surface area contributed by atoms with Gasteiger partial charge in [0.05, 0.1) is 24.4 Å². The van der Waals surface area contributed by atoms with Gasteiger partial charge < -0.3 is 15.0 Å². The summed E-state index contributed by atoms with van der Waals surface area (Å²) in [5.74, 6) is 0. The van der Waals surface area contributed by atoms with Crippen LogP contribution in [0.15, 0.2) is 24.4 Å². The van der Waals surface area contributed by atoms with Crippen LogP contribution in [0.3, 0.4) is 0 Å². The lowest BCUT2D eigenvalue weighted by Crippen LogP contribution is -2.54. The van der Waals surface area contributed by atoms with Gasteiger partial charge >= 0.3 is 6.03 Å². The first-order valence-electron chi connectivity index (χ1n) is 9.08. The molecule has 0 spiro atoms. The molecular weight excluding hydrogens is 302 g/mol. The normalized spacial score (nSPS) is 16.0. The summed E-state index contributed by atoms with van der Waals surface area (Å²) in [6, 6.07) is 6.13. The van der Waals surface area contributed by atoms with E-state index in [0.717, 1.165) is 18.5 Å². The second-order valence-corrected chi connectivity index (χ2v) is 7.19. The SMILES string of the molecule is CCOCC(C)(C)NC(=O)N(Cc1ccccn1)C1CCCCC1. The number of urea groups is 1. The lowest BCUT2D eigenvalue weighted by molar-refractivity contribution is 0.0853. The third-order valence-corrected chi connectivity index (χ3v) is 4.45. The molecule has 0 aliphatic heterocycles. The summed E-state index contributed by atoms with van der Waals surface area (Å²) in [6.07, 6.45) is 7.59. The number of pyridine rings is 1. The van der Waals surface area contributed by atoms with Crippen molar-refractivity contribution in [2.24, 2.45) is 0 Å². The van der Waals surface area contributed by atoms with E-state index in [2.05, 4.69) is 10.3 Å². The van der Waals surface area contributed by atoms with E-state index >= 15 is 0 Å². The number of rotatable bonds is 7. The maximum atomic E-state index is 13.0. The van der Waals surface area contributed by atoms with Crippen molar-refractivity contribution in [1.29, 1.82) is 0 Å². The van der Waals surface area contributed by atoms with E-state index in [0.29, 0.717) is 25.8 Å². The fourth-order valence-electron chi connectivity index (χ4n) is 3.18. The molecule has 1 aromatic heterocycles. The van der Waals surface area contributed by atoms with Gasteiger partial charge in [0.25, 0.3) is 0 Å². The summed E-state index contributed by atoms with van der Waals surface area (Å²) < 4.78 is 5.50. The van der Waals surface area contributed by atoms with Crippen LogP contribution in [0.2, 0.25) is 0 Å². The van der Waals surface area contributed by atoms with E-state index in [1.807, 2.05) is 43.9 Å². The van der Waals surface area contributed by atoms with Crippen LogP contribution in [0.4, 0.5) is 4.79 Å². The Bertz CT molecular complexity index is 499. The van der Waals surface area contributed by atoms with E-state index in [9.17, 15) is 4.79 Å². The molecule has 0 aromatic carbocycles. The summed E-state index contributed by atoms with van der Waals surface area (Å²) in [5.41, 5.74) is 0.547. The highest BCUT2D eigenvalue weighted by molar-refractivity contribution is 5.75. The van der Waals surface area contributed by atoms with Crippen LogP contribution in [0.1, 0.15) is 58.6 Å². The largest absolute Gasteiger partial charge is 0.379 e. The van der Waals surface area contributed by atoms with Crippen LogP contribution in [0.25, 0.3) is 0 Å². The van der Waals surface area contributed by atoms with Crippen LogP contribution in [0, 0.1) is 0 Å². The number of amides is 2. The summed E-state index contributed by atoms with van der Waals surface area (Å²) in [5, 5.41) is 3.14. The van der Waals surface area contributed by atoms with Gasteiger partial charge in [-0.1, -0.05) is 25.3 Å². The van der Waals surface area contributed by atoms with Gasteiger partial charge in [0.2, 0.25) is 0 Å². The van der Waals surface area contributed by atoms with E-state index < -0.39 is 0 Å². The minimum absolute atomic E-state index is 0.0164. The average Bonchev–Trinajstić information content (AvgIpc) is 2.59. The molecule has 0 bridgehead atoms. The zero-order valence-electron chi connectivity index (χ0n) is 15.3. The number of carbonyl (C=O) groups is 1. The Hall–Kier alpha value is -1.62. The first-order chi connectivity index (χ1) is 11.5. The second kappa shape index (κ2) is 9.02. The predicted octanol–water partition coefficient (Wildman–Crippen LogP) is 3.74. The molecule has 2 rings (SSSR count). The third-order valence-electron chi connectivity index (χ3n) is 4.45. The van der Waals surface area contributed by atoms with Crippen LogP contribution in [-0.4, -0.2) is 40.7 Å². The molecule has 0 radical (unpaired) electrons. The van der Waals surface area contributed by atoms with Crippen LogP contribution in [-0.2, 0) is 11.3 Å². The Balaban J connectivity index is 2.07. The highest BCUT2D eigenvalue weighted by Gasteiger charge is 2.29. The van der Waals surface area contributed by atoms with Crippen molar-refractivity contribution < 1.29 is 9.53 Å². The molecule has 1 aliphatic carbocycles. The first-order valence-corrected chi connectivity index (χ1v) is 9.08. The van der Waals surface area contributed by atoms with Gasteiger partial charge in [0.1, 0.15) is 0 Å². The summed E-state index contributed by atoms with van der Waals surface area (Å²) in [7, 11) is 0. The maximum Gasteiger partial charge on any atom is 0.318 e. The first kappa shape index (κ1) is 18.7. The number of hydrogen-bond donors (Lipinski definition) is 1. The average molecular weight is 333 g/mol. The number of nitrogens with zero attached hydrogens (tertiary/aromatic N) is 2. The Morgan fingerprint density at radius 3 is 2.71 bits per heavy atom. The highest BCUT2D eigenvalue weighted by atomic mass is 16.5. The Morgan fingerprint density at radius 1 is 1.33 bits per heavy atom. The molecule has 1 aromatic rings. The summed E-state index contributed by atoms with van der Waals surface area (Å²) >= 11 is 0. The van der Waals surface area contributed by atoms with Gasteiger partial charge in [-0.05, 0) is 45.7 Å². The smallest absolute Gasteiger partial charge is 0.318 e. The van der Waals surface area contributed by atoms with Gasteiger partial charge in [-0.3, -0.25) is 4.98 Å². The lowest BCUT2D eigenvalue weighted by atomic mass is 9.94.